The van der Waals surface area contributed by atoms with Gasteiger partial charge in [0.05, 0.1) is 13.7 Å². The van der Waals surface area contributed by atoms with Crippen LogP contribution in [0.4, 0.5) is 5.69 Å². The predicted molar refractivity (Wildman–Crippen MR) is 116 cm³/mol. The first-order chi connectivity index (χ1) is 14.2. The molecule has 0 saturated carbocycles. The van der Waals surface area contributed by atoms with Crippen LogP contribution < -0.4 is 10.1 Å². The van der Waals surface area contributed by atoms with E-state index in [9.17, 15) is 4.79 Å². The summed E-state index contributed by atoms with van der Waals surface area (Å²) in [6, 6.07) is 14.3. The largest absolute Gasteiger partial charge is 0.491 e. The van der Waals surface area contributed by atoms with Gasteiger partial charge in [-0.25, -0.2) is 4.79 Å². The fraction of sp³-hybridized carbons (Fsp3) is 0.375. The van der Waals surface area contributed by atoms with Crippen LogP contribution in [0, 0.1) is 0 Å². The van der Waals surface area contributed by atoms with Crippen molar-refractivity contribution in [3.05, 3.63) is 53.6 Å². The van der Waals surface area contributed by atoms with Gasteiger partial charge in [-0.15, -0.1) is 0 Å². The number of esters is 1. The number of benzene rings is 2. The van der Waals surface area contributed by atoms with Gasteiger partial charge in [0.15, 0.2) is 0 Å². The molecule has 0 saturated heterocycles. The number of methoxy groups -OCH3 is 1. The van der Waals surface area contributed by atoms with Crippen molar-refractivity contribution in [2.24, 2.45) is 0 Å². The molecule has 0 amide bonds. The third kappa shape index (κ3) is 5.84. The number of ether oxygens (including phenoxy) is 3. The first-order valence-electron chi connectivity index (χ1n) is 10.2. The molecule has 1 N–H and O–H groups in total. The molecule has 0 atom stereocenters. The van der Waals surface area contributed by atoms with Crippen molar-refractivity contribution in [2.75, 3.05) is 38.8 Å². The summed E-state index contributed by atoms with van der Waals surface area (Å²) in [5.41, 5.74) is 4.92. The summed E-state index contributed by atoms with van der Waals surface area (Å²) >= 11 is 0. The number of hydrogen-bond donors (Lipinski definition) is 1. The van der Waals surface area contributed by atoms with Crippen LogP contribution >= 0.6 is 0 Å². The molecule has 154 valence electrons. The Morgan fingerprint density at radius 2 is 1.83 bits per heavy atom. The van der Waals surface area contributed by atoms with Gasteiger partial charge in [0, 0.05) is 24.4 Å². The maximum Gasteiger partial charge on any atom is 0.333 e. The van der Waals surface area contributed by atoms with E-state index in [-0.39, 0.29) is 5.97 Å². The molecule has 0 aliphatic carbocycles. The van der Waals surface area contributed by atoms with Crippen LogP contribution in [0.2, 0.25) is 0 Å². The number of fused-ring (bicyclic) bond motifs is 1. The summed E-state index contributed by atoms with van der Waals surface area (Å²) < 4.78 is 16.1. The van der Waals surface area contributed by atoms with Crippen molar-refractivity contribution in [1.29, 1.82) is 0 Å². The highest BCUT2D eigenvalue weighted by Crippen LogP contribution is 2.30. The Hall–Kier alpha value is -2.79. The topological polar surface area (TPSA) is 56.8 Å². The summed E-state index contributed by atoms with van der Waals surface area (Å²) in [6.07, 6.45) is 4.55. The van der Waals surface area contributed by atoms with Crippen LogP contribution in [0.1, 0.15) is 31.7 Å². The zero-order chi connectivity index (χ0) is 20.5. The monoisotopic (exact) mass is 395 g/mol. The Kier molecular flexibility index (Phi) is 7.70. The second-order valence-electron chi connectivity index (χ2n) is 6.98. The van der Waals surface area contributed by atoms with Crippen LogP contribution in [0.25, 0.3) is 17.2 Å². The Morgan fingerprint density at radius 1 is 1.03 bits per heavy atom. The summed E-state index contributed by atoms with van der Waals surface area (Å²) in [7, 11) is 1.43. The van der Waals surface area contributed by atoms with Gasteiger partial charge >= 0.3 is 5.97 Å². The molecule has 1 aliphatic rings. The van der Waals surface area contributed by atoms with Crippen molar-refractivity contribution >= 4 is 17.7 Å². The average molecular weight is 395 g/mol. The standard InChI is InChI=1S/C24H29NO4/c1-3-13-28-14-15-29-22-9-6-18(7-10-22)19-8-11-23-21(16-19)17-20(24(26)27-2)5-4-12-25-23/h6-11,16-17,25H,3-5,12-15H2,1-2H3/b20-17+. The molecular formula is C24H29NO4. The number of nitrogens with one attached hydrogen (secondary N) is 1. The lowest BCUT2D eigenvalue weighted by Crippen LogP contribution is -2.11. The molecule has 0 fully saturated rings. The van der Waals surface area contributed by atoms with E-state index in [1.54, 1.807) is 0 Å². The van der Waals surface area contributed by atoms with Gasteiger partial charge in [0.1, 0.15) is 12.4 Å². The van der Waals surface area contributed by atoms with Gasteiger partial charge in [0.25, 0.3) is 0 Å². The zero-order valence-electron chi connectivity index (χ0n) is 17.2. The van der Waals surface area contributed by atoms with Gasteiger partial charge in [-0.2, -0.15) is 0 Å². The fourth-order valence-corrected chi connectivity index (χ4v) is 3.29. The Morgan fingerprint density at radius 3 is 2.59 bits per heavy atom. The van der Waals surface area contributed by atoms with E-state index < -0.39 is 0 Å². The molecule has 3 rings (SSSR count). The molecule has 0 bridgehead atoms. The number of carbonyl (C=O) groups is 1. The molecule has 1 heterocycles. The number of hydrogen-bond acceptors (Lipinski definition) is 5. The number of anilines is 1. The molecule has 29 heavy (non-hydrogen) atoms. The third-order valence-corrected chi connectivity index (χ3v) is 4.80. The van der Waals surface area contributed by atoms with Crippen molar-refractivity contribution in [1.82, 2.24) is 0 Å². The maximum atomic E-state index is 12.0. The van der Waals surface area contributed by atoms with E-state index in [1.807, 2.05) is 30.3 Å². The van der Waals surface area contributed by atoms with E-state index in [1.165, 1.54) is 7.11 Å². The van der Waals surface area contributed by atoms with Crippen LogP contribution in [-0.4, -0.2) is 39.4 Å². The molecule has 1 aliphatic heterocycles. The molecular weight excluding hydrogens is 366 g/mol. The molecule has 0 spiro atoms. The normalized spacial score (nSPS) is 15.2. The highest BCUT2D eigenvalue weighted by Gasteiger charge is 2.14. The lowest BCUT2D eigenvalue weighted by atomic mass is 9.98. The molecule has 5 heteroatoms. The van der Waals surface area contributed by atoms with Crippen LogP contribution in [-0.2, 0) is 14.3 Å². The minimum atomic E-state index is -0.257. The van der Waals surface area contributed by atoms with E-state index in [0.29, 0.717) is 25.2 Å². The molecule has 0 unspecified atom stereocenters. The van der Waals surface area contributed by atoms with Crippen molar-refractivity contribution in [2.45, 2.75) is 26.2 Å². The molecule has 5 nitrogen and oxygen atoms in total. The number of rotatable bonds is 8. The lowest BCUT2D eigenvalue weighted by molar-refractivity contribution is -0.136. The first kappa shape index (κ1) is 20.9. The van der Waals surface area contributed by atoms with E-state index in [4.69, 9.17) is 14.2 Å². The lowest BCUT2D eigenvalue weighted by Gasteiger charge is -2.16. The van der Waals surface area contributed by atoms with Gasteiger partial charge in [-0.1, -0.05) is 25.1 Å². The molecule has 2 aromatic carbocycles. The summed E-state index contributed by atoms with van der Waals surface area (Å²) in [6.45, 7) is 4.83. The van der Waals surface area contributed by atoms with Crippen molar-refractivity contribution < 1.29 is 19.0 Å². The highest BCUT2D eigenvalue weighted by atomic mass is 16.5. The molecule has 0 radical (unpaired) electrons. The van der Waals surface area contributed by atoms with Gasteiger partial charge in [0.2, 0.25) is 0 Å². The predicted octanol–water partition coefficient (Wildman–Crippen LogP) is 4.92. The SMILES string of the molecule is CCCOCCOc1ccc(-c2ccc3c(c2)/C=C(/C(=O)OC)CCCN3)cc1. The summed E-state index contributed by atoms with van der Waals surface area (Å²) in [5, 5.41) is 3.44. The summed E-state index contributed by atoms with van der Waals surface area (Å²) in [4.78, 5) is 12.0. The quantitative estimate of drug-likeness (QED) is 0.508. The Balaban J connectivity index is 1.75. The minimum Gasteiger partial charge on any atom is -0.491 e. The van der Waals surface area contributed by atoms with Gasteiger partial charge < -0.3 is 19.5 Å². The van der Waals surface area contributed by atoms with Crippen molar-refractivity contribution in [3.63, 3.8) is 0 Å². The fourth-order valence-electron chi connectivity index (χ4n) is 3.29. The molecule has 0 aromatic heterocycles. The Bertz CT molecular complexity index is 842. The van der Waals surface area contributed by atoms with Crippen LogP contribution in [0.15, 0.2) is 48.0 Å². The highest BCUT2D eigenvalue weighted by molar-refractivity contribution is 5.95. The zero-order valence-corrected chi connectivity index (χ0v) is 17.2. The smallest absolute Gasteiger partial charge is 0.333 e. The van der Waals surface area contributed by atoms with E-state index in [2.05, 4.69) is 30.4 Å². The van der Waals surface area contributed by atoms with Crippen LogP contribution in [0.5, 0.6) is 5.75 Å². The Labute approximate surface area is 172 Å². The number of carbonyl (C=O) groups excluding carboxylic acids is 1. The van der Waals surface area contributed by atoms with Crippen LogP contribution in [0.3, 0.4) is 0 Å². The van der Waals surface area contributed by atoms with E-state index >= 15 is 0 Å². The average Bonchev–Trinajstić information content (AvgIpc) is 2.74. The first-order valence-corrected chi connectivity index (χ1v) is 10.2. The van der Waals surface area contributed by atoms with Crippen molar-refractivity contribution in [3.8, 4) is 16.9 Å². The second kappa shape index (κ2) is 10.7. The maximum absolute atomic E-state index is 12.0. The van der Waals surface area contributed by atoms with E-state index in [0.717, 1.165) is 54.1 Å². The van der Waals surface area contributed by atoms with Gasteiger partial charge in [-0.3, -0.25) is 0 Å². The summed E-state index contributed by atoms with van der Waals surface area (Å²) in [5.74, 6) is 0.572. The molecule has 2 aromatic rings. The van der Waals surface area contributed by atoms with Gasteiger partial charge in [-0.05, 0) is 66.3 Å². The second-order valence-corrected chi connectivity index (χ2v) is 6.98. The third-order valence-electron chi connectivity index (χ3n) is 4.80. The minimum absolute atomic E-state index is 0.257.